The fourth-order valence-electron chi connectivity index (χ4n) is 2.64. The maximum absolute atomic E-state index is 12.1. The van der Waals surface area contributed by atoms with Gasteiger partial charge in [-0.1, -0.05) is 43.2 Å². The molecule has 0 saturated heterocycles. The van der Waals surface area contributed by atoms with Crippen LogP contribution in [0.4, 0.5) is 0 Å². The highest BCUT2D eigenvalue weighted by Gasteiger charge is 2.30. The molecule has 1 fully saturated rings. The maximum Gasteiger partial charge on any atom is 0.235 e. The topological polar surface area (TPSA) is 89.3 Å². The summed E-state index contributed by atoms with van der Waals surface area (Å²) < 4.78 is 24.1. The van der Waals surface area contributed by atoms with Crippen molar-refractivity contribution in [3.8, 4) is 0 Å². The summed E-state index contributed by atoms with van der Waals surface area (Å²) >= 11 is 0. The third-order valence-electron chi connectivity index (χ3n) is 3.89. The molecule has 0 spiro atoms. The van der Waals surface area contributed by atoms with E-state index < -0.39 is 21.5 Å². The van der Waals surface area contributed by atoms with Gasteiger partial charge in [-0.25, -0.2) is 8.42 Å². The average Bonchev–Trinajstić information content (AvgIpc) is 3.00. The normalized spacial score (nSPS) is 17.6. The zero-order valence-corrected chi connectivity index (χ0v) is 12.8. The van der Waals surface area contributed by atoms with E-state index in [0.29, 0.717) is 12.8 Å². The van der Waals surface area contributed by atoms with E-state index in [0.717, 1.165) is 18.4 Å². The minimum absolute atomic E-state index is 0.239. The van der Waals surface area contributed by atoms with E-state index in [9.17, 15) is 13.2 Å². The predicted molar refractivity (Wildman–Crippen MR) is 82.4 cm³/mol. The van der Waals surface area contributed by atoms with Crippen molar-refractivity contribution in [1.82, 2.24) is 5.32 Å². The first-order valence-electron chi connectivity index (χ1n) is 7.28. The molecular weight excluding hydrogens is 288 g/mol. The number of sulfone groups is 1. The SMILES string of the molecule is NC(CNC(=O)CS(=O)(=O)C1CCCC1)c1ccccc1. The lowest BCUT2D eigenvalue weighted by Gasteiger charge is -2.14. The second kappa shape index (κ2) is 7.04. The third kappa shape index (κ3) is 4.54. The fraction of sp³-hybridized carbons (Fsp3) is 0.533. The zero-order chi connectivity index (χ0) is 15.3. The number of nitrogens with two attached hydrogens (primary N) is 1. The van der Waals surface area contributed by atoms with E-state index in [-0.39, 0.29) is 17.8 Å². The summed E-state index contributed by atoms with van der Waals surface area (Å²) in [6.07, 6.45) is 3.23. The lowest BCUT2D eigenvalue weighted by Crippen LogP contribution is -2.37. The fourth-order valence-corrected chi connectivity index (χ4v) is 4.40. The molecule has 116 valence electrons. The number of amides is 1. The van der Waals surface area contributed by atoms with Crippen molar-refractivity contribution in [2.45, 2.75) is 37.0 Å². The summed E-state index contributed by atoms with van der Waals surface area (Å²) in [5.41, 5.74) is 6.88. The lowest BCUT2D eigenvalue weighted by atomic mass is 10.1. The van der Waals surface area contributed by atoms with Crippen LogP contribution in [-0.4, -0.2) is 31.9 Å². The van der Waals surface area contributed by atoms with E-state index in [2.05, 4.69) is 5.32 Å². The first-order valence-corrected chi connectivity index (χ1v) is 8.99. The number of nitrogens with one attached hydrogen (secondary N) is 1. The van der Waals surface area contributed by atoms with E-state index >= 15 is 0 Å². The standard InChI is InChI=1S/C15H22N2O3S/c16-14(12-6-2-1-3-7-12)10-17-15(18)11-21(19,20)13-8-4-5-9-13/h1-3,6-7,13-14H,4-5,8-11,16H2,(H,17,18). The molecule has 1 aromatic rings. The minimum atomic E-state index is -3.32. The van der Waals surface area contributed by atoms with Crippen molar-refractivity contribution in [3.05, 3.63) is 35.9 Å². The molecule has 1 atom stereocenters. The Morgan fingerprint density at radius 1 is 1.24 bits per heavy atom. The molecule has 5 nitrogen and oxygen atoms in total. The van der Waals surface area contributed by atoms with Gasteiger partial charge in [-0.2, -0.15) is 0 Å². The number of hydrogen-bond acceptors (Lipinski definition) is 4. The van der Waals surface area contributed by atoms with Crippen LogP contribution >= 0.6 is 0 Å². The van der Waals surface area contributed by atoms with Gasteiger partial charge in [-0.3, -0.25) is 4.79 Å². The van der Waals surface area contributed by atoms with Gasteiger partial charge in [0.2, 0.25) is 5.91 Å². The molecule has 0 aromatic heterocycles. The number of benzene rings is 1. The van der Waals surface area contributed by atoms with Crippen LogP contribution in [0.2, 0.25) is 0 Å². The molecule has 3 N–H and O–H groups in total. The lowest BCUT2D eigenvalue weighted by molar-refractivity contribution is -0.118. The van der Waals surface area contributed by atoms with Crippen molar-refractivity contribution in [2.75, 3.05) is 12.3 Å². The van der Waals surface area contributed by atoms with Crippen molar-refractivity contribution in [2.24, 2.45) is 5.73 Å². The molecule has 1 amide bonds. The Bertz CT molecular complexity index is 566. The zero-order valence-electron chi connectivity index (χ0n) is 12.0. The Hall–Kier alpha value is -1.40. The van der Waals surface area contributed by atoms with Gasteiger partial charge >= 0.3 is 0 Å². The van der Waals surface area contributed by atoms with Crippen LogP contribution in [0.15, 0.2) is 30.3 Å². The van der Waals surface area contributed by atoms with Crippen LogP contribution < -0.4 is 11.1 Å². The van der Waals surface area contributed by atoms with Crippen LogP contribution in [0.5, 0.6) is 0 Å². The number of rotatable bonds is 6. The van der Waals surface area contributed by atoms with Gasteiger partial charge in [0.25, 0.3) is 0 Å². The number of hydrogen-bond donors (Lipinski definition) is 2. The molecule has 1 aliphatic carbocycles. The quantitative estimate of drug-likeness (QED) is 0.825. The molecule has 1 aliphatic rings. The molecule has 0 bridgehead atoms. The first kappa shape index (κ1) is 16.0. The van der Waals surface area contributed by atoms with Crippen LogP contribution in [-0.2, 0) is 14.6 Å². The Morgan fingerprint density at radius 2 is 1.86 bits per heavy atom. The monoisotopic (exact) mass is 310 g/mol. The van der Waals surface area contributed by atoms with Crippen LogP contribution in [0.1, 0.15) is 37.3 Å². The van der Waals surface area contributed by atoms with Gasteiger partial charge < -0.3 is 11.1 Å². The molecular formula is C15H22N2O3S. The number of carbonyl (C=O) groups excluding carboxylic acids is 1. The Kier molecular flexibility index (Phi) is 5.36. The Morgan fingerprint density at radius 3 is 2.48 bits per heavy atom. The van der Waals surface area contributed by atoms with Crippen molar-refractivity contribution >= 4 is 15.7 Å². The summed E-state index contributed by atoms with van der Waals surface area (Å²) in [6.45, 7) is 0.239. The highest BCUT2D eigenvalue weighted by atomic mass is 32.2. The van der Waals surface area contributed by atoms with E-state index in [4.69, 9.17) is 5.73 Å². The van der Waals surface area contributed by atoms with Gasteiger partial charge in [0.05, 0.1) is 5.25 Å². The maximum atomic E-state index is 12.1. The summed E-state index contributed by atoms with van der Waals surface area (Å²) in [7, 11) is -3.32. The Labute approximate surface area is 125 Å². The molecule has 1 aromatic carbocycles. The summed E-state index contributed by atoms with van der Waals surface area (Å²) in [4.78, 5) is 11.8. The van der Waals surface area contributed by atoms with Crippen LogP contribution in [0.3, 0.4) is 0 Å². The molecule has 1 unspecified atom stereocenters. The van der Waals surface area contributed by atoms with E-state index in [1.165, 1.54) is 0 Å². The summed E-state index contributed by atoms with van der Waals surface area (Å²) in [6, 6.07) is 9.08. The molecule has 6 heteroatoms. The molecule has 0 radical (unpaired) electrons. The van der Waals surface area contributed by atoms with Crippen molar-refractivity contribution < 1.29 is 13.2 Å². The van der Waals surface area contributed by atoms with Gasteiger partial charge in [0, 0.05) is 12.6 Å². The molecule has 0 aliphatic heterocycles. The van der Waals surface area contributed by atoms with E-state index in [1.807, 2.05) is 30.3 Å². The van der Waals surface area contributed by atoms with E-state index in [1.54, 1.807) is 0 Å². The highest BCUT2D eigenvalue weighted by Crippen LogP contribution is 2.25. The minimum Gasteiger partial charge on any atom is -0.353 e. The third-order valence-corrected chi connectivity index (χ3v) is 6.04. The van der Waals surface area contributed by atoms with Gasteiger partial charge in [0.1, 0.15) is 5.75 Å². The van der Waals surface area contributed by atoms with Gasteiger partial charge in [-0.05, 0) is 18.4 Å². The summed E-state index contributed by atoms with van der Waals surface area (Å²) in [5.74, 6) is -0.896. The molecule has 0 heterocycles. The van der Waals surface area contributed by atoms with Crippen molar-refractivity contribution in [1.29, 1.82) is 0 Å². The van der Waals surface area contributed by atoms with Crippen LogP contribution in [0, 0.1) is 0 Å². The smallest absolute Gasteiger partial charge is 0.235 e. The van der Waals surface area contributed by atoms with Gasteiger partial charge in [0.15, 0.2) is 9.84 Å². The average molecular weight is 310 g/mol. The number of carbonyl (C=O) groups is 1. The predicted octanol–water partition coefficient (Wildman–Crippen LogP) is 1.16. The summed E-state index contributed by atoms with van der Waals surface area (Å²) in [5, 5.41) is 2.28. The second-order valence-corrected chi connectivity index (χ2v) is 7.82. The largest absolute Gasteiger partial charge is 0.353 e. The Balaban J connectivity index is 1.82. The molecule has 2 rings (SSSR count). The van der Waals surface area contributed by atoms with Crippen molar-refractivity contribution in [3.63, 3.8) is 0 Å². The van der Waals surface area contributed by atoms with Gasteiger partial charge in [-0.15, -0.1) is 0 Å². The molecule has 1 saturated carbocycles. The molecule has 21 heavy (non-hydrogen) atoms. The van der Waals surface area contributed by atoms with Crippen LogP contribution in [0.25, 0.3) is 0 Å². The first-order chi connectivity index (χ1) is 9.99. The second-order valence-electron chi connectivity index (χ2n) is 5.53. The highest BCUT2D eigenvalue weighted by molar-refractivity contribution is 7.92.